The first-order chi connectivity index (χ1) is 14.0. The van der Waals surface area contributed by atoms with Crippen molar-refractivity contribution in [3.63, 3.8) is 0 Å². The molecule has 0 fully saturated rings. The van der Waals surface area contributed by atoms with Crippen molar-refractivity contribution in [1.82, 2.24) is 9.78 Å². The molecule has 0 spiro atoms. The highest BCUT2D eigenvalue weighted by atomic mass is 35.5. The predicted molar refractivity (Wildman–Crippen MR) is 105 cm³/mol. The first-order valence-electron chi connectivity index (χ1n) is 8.08. The minimum Gasteiger partial charge on any atom is -0.326 e. The zero-order valence-electron chi connectivity index (χ0n) is 15.0. The van der Waals surface area contributed by atoms with Crippen LogP contribution in [0, 0.1) is 0 Å². The number of alkyl halides is 3. The van der Waals surface area contributed by atoms with Gasteiger partial charge in [0.15, 0.2) is 0 Å². The molecule has 1 amide bonds. The van der Waals surface area contributed by atoms with Gasteiger partial charge in [-0.1, -0.05) is 22.9 Å². The summed E-state index contributed by atoms with van der Waals surface area (Å²) in [6.07, 6.45) is -4.78. The fraction of sp³-hybridized carbons (Fsp3) is 0.118. The van der Waals surface area contributed by atoms with Gasteiger partial charge in [0.1, 0.15) is 0 Å². The Kier molecular flexibility index (Phi) is 6.01. The third-order valence-electron chi connectivity index (χ3n) is 3.54. The molecule has 1 N–H and O–H groups in total. The second-order valence-electron chi connectivity index (χ2n) is 5.85. The Balaban J connectivity index is 2.11. The lowest BCUT2D eigenvalue weighted by molar-refractivity contribution is -0.138. The maximum Gasteiger partial charge on any atom is 0.445 e. The smallest absolute Gasteiger partial charge is 0.326 e. The Morgan fingerprint density at radius 1 is 1.13 bits per heavy atom. The van der Waals surface area contributed by atoms with E-state index in [4.69, 9.17) is 11.6 Å². The minimum atomic E-state index is -4.78. The topological polar surface area (TPSA) is 93.4 Å². The summed E-state index contributed by atoms with van der Waals surface area (Å²) in [6.45, 7) is 1.29. The van der Waals surface area contributed by atoms with Crippen LogP contribution in [0.4, 0.5) is 18.9 Å². The Labute approximate surface area is 177 Å². The molecule has 2 aromatic carbocycles. The van der Waals surface area contributed by atoms with Gasteiger partial charge in [0.05, 0.1) is 10.6 Å². The number of amides is 1. The van der Waals surface area contributed by atoms with Crippen LogP contribution < -0.4 is 10.1 Å². The highest BCUT2D eigenvalue weighted by Crippen LogP contribution is 2.30. The number of sulfonamides is 1. The van der Waals surface area contributed by atoms with Crippen molar-refractivity contribution >= 4 is 44.6 Å². The van der Waals surface area contributed by atoms with Crippen LogP contribution in [-0.4, -0.2) is 24.1 Å². The molecule has 158 valence electrons. The molecule has 0 aliphatic carbocycles. The largest absolute Gasteiger partial charge is 0.445 e. The van der Waals surface area contributed by atoms with Gasteiger partial charge < -0.3 is 5.32 Å². The molecule has 0 unspecified atom stereocenters. The van der Waals surface area contributed by atoms with Gasteiger partial charge in [0.25, 0.3) is 10.0 Å². The van der Waals surface area contributed by atoms with Gasteiger partial charge in [-0.3, -0.25) is 4.79 Å². The van der Waals surface area contributed by atoms with E-state index < -0.39 is 26.0 Å². The molecular formula is C17H12ClF3N4O3S2. The second kappa shape index (κ2) is 8.20. The van der Waals surface area contributed by atoms with E-state index in [0.29, 0.717) is 10.7 Å². The molecule has 30 heavy (non-hydrogen) atoms. The quantitative estimate of drug-likeness (QED) is 0.619. The SMILES string of the molecule is CC(=O)Nc1ccc(S(=O)(=O)/N=c2/sc(C(F)(F)F)nn2-c2ccc(Cl)cc2)cc1. The number of benzene rings is 2. The molecule has 0 aliphatic heterocycles. The third kappa shape index (κ3) is 5.07. The molecule has 0 bridgehead atoms. The van der Waals surface area contributed by atoms with Crippen molar-refractivity contribution in [1.29, 1.82) is 0 Å². The van der Waals surface area contributed by atoms with Crippen molar-refractivity contribution in [2.45, 2.75) is 18.0 Å². The number of anilines is 1. The molecule has 7 nitrogen and oxygen atoms in total. The molecule has 3 aromatic rings. The Bertz CT molecular complexity index is 1250. The van der Waals surface area contributed by atoms with E-state index in [0.717, 1.165) is 4.68 Å². The van der Waals surface area contributed by atoms with Crippen molar-refractivity contribution in [3.8, 4) is 5.69 Å². The fourth-order valence-electron chi connectivity index (χ4n) is 2.28. The van der Waals surface area contributed by atoms with E-state index in [1.54, 1.807) is 0 Å². The van der Waals surface area contributed by atoms with Gasteiger partial charge in [-0.15, -0.1) is 9.50 Å². The normalized spacial score (nSPS) is 12.8. The molecule has 1 heterocycles. The molecule has 0 aliphatic rings. The van der Waals surface area contributed by atoms with E-state index in [1.165, 1.54) is 55.5 Å². The number of rotatable bonds is 4. The zero-order valence-corrected chi connectivity index (χ0v) is 17.4. The van der Waals surface area contributed by atoms with Crippen LogP contribution >= 0.6 is 22.9 Å². The lowest BCUT2D eigenvalue weighted by Crippen LogP contribution is -2.17. The zero-order chi connectivity index (χ0) is 22.1. The van der Waals surface area contributed by atoms with Gasteiger partial charge in [-0.2, -0.15) is 21.6 Å². The molecule has 3 rings (SSSR count). The summed E-state index contributed by atoms with van der Waals surface area (Å²) in [7, 11) is -4.36. The molecule has 0 saturated carbocycles. The summed E-state index contributed by atoms with van der Waals surface area (Å²) in [4.78, 5) is 10.3. The third-order valence-corrected chi connectivity index (χ3v) is 6.15. The highest BCUT2D eigenvalue weighted by molar-refractivity contribution is 7.90. The molecule has 0 radical (unpaired) electrons. The van der Waals surface area contributed by atoms with Gasteiger partial charge in [0, 0.05) is 17.6 Å². The minimum absolute atomic E-state index is 0.0896. The summed E-state index contributed by atoms with van der Waals surface area (Å²) >= 11 is 5.88. The van der Waals surface area contributed by atoms with Crippen LogP contribution in [0.1, 0.15) is 11.9 Å². The fourth-order valence-corrected chi connectivity index (χ4v) is 4.36. The molecule has 13 heteroatoms. The summed E-state index contributed by atoms with van der Waals surface area (Å²) in [5, 5.41) is 5.03. The van der Waals surface area contributed by atoms with Crippen LogP contribution in [0.25, 0.3) is 5.69 Å². The molecule has 0 saturated heterocycles. The maximum absolute atomic E-state index is 13.2. The van der Waals surface area contributed by atoms with E-state index in [9.17, 15) is 26.4 Å². The number of carbonyl (C=O) groups is 1. The van der Waals surface area contributed by atoms with Crippen molar-refractivity contribution in [2.24, 2.45) is 4.40 Å². The maximum atomic E-state index is 13.2. The molecular weight excluding hydrogens is 465 g/mol. The van der Waals surface area contributed by atoms with Gasteiger partial charge in [-0.25, -0.2) is 4.68 Å². The van der Waals surface area contributed by atoms with Crippen molar-refractivity contribution in [2.75, 3.05) is 5.32 Å². The Morgan fingerprint density at radius 2 is 1.73 bits per heavy atom. The first-order valence-corrected chi connectivity index (χ1v) is 10.7. The predicted octanol–water partition coefficient (Wildman–Crippen LogP) is 3.85. The number of nitrogens with one attached hydrogen (secondary N) is 1. The van der Waals surface area contributed by atoms with Crippen LogP contribution in [0.3, 0.4) is 0 Å². The van der Waals surface area contributed by atoms with Crippen molar-refractivity contribution in [3.05, 3.63) is 63.4 Å². The van der Waals surface area contributed by atoms with Gasteiger partial charge >= 0.3 is 6.18 Å². The number of hydrogen-bond acceptors (Lipinski definition) is 5. The summed E-state index contributed by atoms with van der Waals surface area (Å²) < 4.78 is 69.1. The van der Waals surface area contributed by atoms with E-state index in [1.807, 2.05) is 0 Å². The number of nitrogens with zero attached hydrogens (tertiary/aromatic N) is 3. The lowest BCUT2D eigenvalue weighted by atomic mass is 10.3. The van der Waals surface area contributed by atoms with Crippen LogP contribution in [-0.2, 0) is 21.0 Å². The number of aromatic nitrogens is 2. The standard InChI is InChI=1S/C17H12ClF3N4O3S2/c1-10(26)22-12-4-8-14(9-5-12)30(27,28)24-16-25(13-6-2-11(18)3-7-13)23-15(29-16)17(19,20)21/h2-9H,1H3,(H,22,26)/b24-16+. The van der Waals surface area contributed by atoms with E-state index in [2.05, 4.69) is 14.8 Å². The van der Waals surface area contributed by atoms with E-state index >= 15 is 0 Å². The Hall–Kier alpha value is -2.70. The second-order valence-corrected chi connectivity index (χ2v) is 8.84. The highest BCUT2D eigenvalue weighted by Gasteiger charge is 2.36. The summed E-state index contributed by atoms with van der Waals surface area (Å²) in [5.41, 5.74) is 0.510. The number of hydrogen-bond donors (Lipinski definition) is 1. The number of halogens is 4. The average Bonchev–Trinajstić information content (AvgIpc) is 3.06. The van der Waals surface area contributed by atoms with E-state index in [-0.39, 0.29) is 27.8 Å². The van der Waals surface area contributed by atoms with Gasteiger partial charge in [-0.05, 0) is 48.5 Å². The monoisotopic (exact) mass is 476 g/mol. The van der Waals surface area contributed by atoms with Crippen LogP contribution in [0.5, 0.6) is 0 Å². The summed E-state index contributed by atoms with van der Waals surface area (Å²) in [6, 6.07) is 10.7. The Morgan fingerprint density at radius 3 is 2.27 bits per heavy atom. The molecule has 1 aromatic heterocycles. The number of carbonyl (C=O) groups excluding carboxylic acids is 1. The van der Waals surface area contributed by atoms with Crippen LogP contribution in [0.15, 0.2) is 57.8 Å². The molecule has 0 atom stereocenters. The van der Waals surface area contributed by atoms with Gasteiger partial charge in [0.2, 0.25) is 15.7 Å². The van der Waals surface area contributed by atoms with Crippen LogP contribution in [0.2, 0.25) is 5.02 Å². The average molecular weight is 477 g/mol. The first kappa shape index (κ1) is 22.0. The summed E-state index contributed by atoms with van der Waals surface area (Å²) in [5.74, 6) is -0.344. The van der Waals surface area contributed by atoms with Crippen molar-refractivity contribution < 1.29 is 26.4 Å². The lowest BCUT2D eigenvalue weighted by Gasteiger charge is -2.04.